The quantitative estimate of drug-likeness (QED) is 0.0922. The number of aromatic hydroxyl groups is 1. The minimum atomic E-state index is -0.580. The third kappa shape index (κ3) is 11.4. The molecule has 0 fully saturated rings. The van der Waals surface area contributed by atoms with Crippen molar-refractivity contribution in [2.24, 2.45) is 5.92 Å². The van der Waals surface area contributed by atoms with Crippen LogP contribution in [0.25, 0.3) is 12.2 Å². The normalized spacial score (nSPS) is 11.9. The van der Waals surface area contributed by atoms with Gasteiger partial charge in [0.1, 0.15) is 0 Å². The number of ether oxygens (including phenoxy) is 8. The first-order valence-electron chi connectivity index (χ1n) is 18.4. The van der Waals surface area contributed by atoms with Gasteiger partial charge < -0.3 is 47.9 Å². The zero-order valence-electron chi connectivity index (χ0n) is 34.7. The first-order chi connectivity index (χ1) is 27.0. The van der Waals surface area contributed by atoms with E-state index in [2.05, 4.69) is 37.9 Å². The lowest BCUT2D eigenvalue weighted by molar-refractivity contribution is 0.292. The van der Waals surface area contributed by atoms with Crippen molar-refractivity contribution in [3.8, 4) is 57.8 Å². The Balaban J connectivity index is 0.000000320. The van der Waals surface area contributed by atoms with E-state index in [9.17, 15) is 10.4 Å². The number of likely N-dealkylation sites (N-methyl/N-ethyl adjacent to an activating group) is 1. The number of rotatable bonds is 19. The van der Waals surface area contributed by atoms with Gasteiger partial charge in [0.2, 0.25) is 5.75 Å². The lowest BCUT2D eigenvalue weighted by atomic mass is 9.69. The Labute approximate surface area is 332 Å². The van der Waals surface area contributed by atoms with Crippen LogP contribution in [0.3, 0.4) is 0 Å². The molecule has 0 bridgehead atoms. The van der Waals surface area contributed by atoms with Crippen LogP contribution in [0, 0.1) is 17.2 Å². The maximum atomic E-state index is 10.2. The van der Waals surface area contributed by atoms with Gasteiger partial charge in [-0.2, -0.15) is 5.26 Å². The first kappa shape index (κ1) is 44.7. The minimum Gasteiger partial charge on any atom is -0.504 e. The minimum absolute atomic E-state index is 0.0968. The molecule has 0 saturated heterocycles. The van der Waals surface area contributed by atoms with E-state index in [1.165, 1.54) is 12.7 Å². The third-order valence-corrected chi connectivity index (χ3v) is 9.78. The molecule has 4 aromatic rings. The Bertz CT molecular complexity index is 1900. The van der Waals surface area contributed by atoms with Crippen molar-refractivity contribution in [1.29, 1.82) is 5.26 Å². The highest BCUT2D eigenvalue weighted by molar-refractivity contribution is 5.73. The molecular weight excluding hydrogens is 713 g/mol. The number of phenols is 1. The molecule has 0 aliphatic carbocycles. The van der Waals surface area contributed by atoms with Crippen LogP contribution in [-0.2, 0) is 11.8 Å². The van der Waals surface area contributed by atoms with E-state index in [1.54, 1.807) is 61.9 Å². The van der Waals surface area contributed by atoms with Crippen LogP contribution in [-0.4, -0.2) is 87.0 Å². The number of nitrogens with zero attached hydrogens (tertiary/aromatic N) is 2. The Morgan fingerprint density at radius 3 is 1.68 bits per heavy atom. The van der Waals surface area contributed by atoms with Crippen LogP contribution in [0.2, 0.25) is 0 Å². The van der Waals surface area contributed by atoms with Gasteiger partial charge in [-0.3, -0.25) is 0 Å². The first-order valence-corrected chi connectivity index (χ1v) is 18.4. The molecule has 0 heterocycles. The SMILES string of the molecule is COc1ccc(/C=C\c2cc(OC)c(OC)c(OC)c2)cc1O.COc1ccc(CCN(C)CCCC(C#N)(c2ccc(OC)c(OC)c2)C(C)C)cc1OC. The van der Waals surface area contributed by atoms with E-state index < -0.39 is 5.41 Å². The fourth-order valence-corrected chi connectivity index (χ4v) is 6.43. The topological polar surface area (TPSA) is 121 Å². The van der Waals surface area contributed by atoms with Gasteiger partial charge in [-0.25, -0.2) is 0 Å². The van der Waals surface area contributed by atoms with E-state index in [0.29, 0.717) is 34.5 Å². The number of hydrogen-bond acceptors (Lipinski definition) is 11. The molecule has 1 atom stereocenters. The second kappa shape index (κ2) is 22.0. The molecule has 4 rings (SSSR count). The number of benzene rings is 4. The molecule has 0 radical (unpaired) electrons. The summed E-state index contributed by atoms with van der Waals surface area (Å²) in [6.45, 7) is 6.06. The molecule has 0 spiro atoms. The lowest BCUT2D eigenvalue weighted by Crippen LogP contribution is -2.32. The van der Waals surface area contributed by atoms with Crippen molar-refractivity contribution in [2.75, 3.05) is 77.0 Å². The highest BCUT2D eigenvalue weighted by atomic mass is 16.5. The van der Waals surface area contributed by atoms with E-state index in [0.717, 1.165) is 60.5 Å². The van der Waals surface area contributed by atoms with Crippen LogP contribution >= 0.6 is 0 Å². The summed E-state index contributed by atoms with van der Waals surface area (Å²) in [6.07, 6.45) is 6.38. The molecule has 0 amide bonds. The van der Waals surface area contributed by atoms with Crippen LogP contribution in [0.15, 0.2) is 66.7 Å². The highest BCUT2D eigenvalue weighted by Crippen LogP contribution is 2.41. The van der Waals surface area contributed by atoms with Crippen molar-refractivity contribution in [1.82, 2.24) is 4.90 Å². The fourth-order valence-electron chi connectivity index (χ4n) is 6.43. The zero-order valence-corrected chi connectivity index (χ0v) is 34.7. The largest absolute Gasteiger partial charge is 0.504 e. The maximum Gasteiger partial charge on any atom is 0.203 e. The Morgan fingerprint density at radius 2 is 1.16 bits per heavy atom. The van der Waals surface area contributed by atoms with E-state index in [-0.39, 0.29) is 11.7 Å². The molecule has 0 saturated carbocycles. The van der Waals surface area contributed by atoms with Crippen molar-refractivity contribution < 1.29 is 43.0 Å². The molecule has 0 aliphatic rings. The van der Waals surface area contributed by atoms with Crippen molar-refractivity contribution in [3.63, 3.8) is 0 Å². The molecule has 302 valence electrons. The fraction of sp³-hybridized carbons (Fsp3) is 0.400. The summed E-state index contributed by atoms with van der Waals surface area (Å²) >= 11 is 0. The molecule has 56 heavy (non-hydrogen) atoms. The summed E-state index contributed by atoms with van der Waals surface area (Å²) < 4.78 is 42.6. The molecule has 11 heteroatoms. The lowest BCUT2D eigenvalue weighted by Gasteiger charge is -2.32. The van der Waals surface area contributed by atoms with Gasteiger partial charge in [0.05, 0.1) is 68.4 Å². The van der Waals surface area contributed by atoms with Crippen LogP contribution in [0.4, 0.5) is 0 Å². The Hall–Kier alpha value is -5.73. The third-order valence-electron chi connectivity index (χ3n) is 9.78. The summed E-state index contributed by atoms with van der Waals surface area (Å²) in [5.41, 5.74) is 3.33. The van der Waals surface area contributed by atoms with Gasteiger partial charge in [0.25, 0.3) is 0 Å². The molecule has 0 aromatic heterocycles. The molecule has 4 aromatic carbocycles. The second-order valence-corrected chi connectivity index (χ2v) is 13.4. The predicted octanol–water partition coefficient (Wildman–Crippen LogP) is 8.69. The molecular formula is C45H58N2O9. The Morgan fingerprint density at radius 1 is 0.625 bits per heavy atom. The van der Waals surface area contributed by atoms with Gasteiger partial charge in [0.15, 0.2) is 46.0 Å². The standard InChI is InChI=1S/C27H38N2O4.C18H20O5/c1-20(2)27(19-28,22-10-12-24(31-5)26(18-22)33-7)14-8-15-29(3)16-13-21-9-11-23(30-4)25(17-21)32-6;1-20-15-8-7-12(9-14(15)19)5-6-13-10-16(21-2)18(23-4)17(11-13)22-3/h9-12,17-18,20H,8,13-16H2,1-7H3;5-11,19H,1-4H3/b;6-5-. The second-order valence-electron chi connectivity index (χ2n) is 13.4. The van der Waals surface area contributed by atoms with Gasteiger partial charge in [-0.1, -0.05) is 44.2 Å². The van der Waals surface area contributed by atoms with Crippen LogP contribution in [0.1, 0.15) is 48.9 Å². The van der Waals surface area contributed by atoms with Crippen molar-refractivity contribution >= 4 is 12.2 Å². The van der Waals surface area contributed by atoms with Gasteiger partial charge in [0, 0.05) is 6.54 Å². The smallest absolute Gasteiger partial charge is 0.203 e. The maximum absolute atomic E-state index is 10.2. The van der Waals surface area contributed by atoms with Crippen molar-refractivity contribution in [3.05, 3.63) is 89.0 Å². The van der Waals surface area contributed by atoms with Crippen LogP contribution < -0.4 is 37.9 Å². The molecule has 1 unspecified atom stereocenters. The average molecular weight is 771 g/mol. The molecule has 0 aliphatic heterocycles. The van der Waals surface area contributed by atoms with E-state index in [4.69, 9.17) is 37.9 Å². The number of methoxy groups -OCH3 is 8. The number of nitriles is 1. The van der Waals surface area contributed by atoms with Crippen molar-refractivity contribution in [2.45, 2.75) is 38.5 Å². The highest BCUT2D eigenvalue weighted by Gasteiger charge is 2.36. The van der Waals surface area contributed by atoms with Crippen LogP contribution in [0.5, 0.6) is 51.7 Å². The Kier molecular flexibility index (Phi) is 17.5. The predicted molar refractivity (Wildman–Crippen MR) is 221 cm³/mol. The average Bonchev–Trinajstić information content (AvgIpc) is 3.22. The number of hydrogen-bond donors (Lipinski definition) is 1. The van der Waals surface area contributed by atoms with Gasteiger partial charge >= 0.3 is 0 Å². The summed E-state index contributed by atoms with van der Waals surface area (Å²) in [4.78, 5) is 2.31. The monoisotopic (exact) mass is 770 g/mol. The van der Waals surface area contributed by atoms with Gasteiger partial charge in [-0.05, 0) is 110 Å². The summed E-state index contributed by atoms with van der Waals surface area (Å²) in [7, 11) is 14.9. The summed E-state index contributed by atoms with van der Waals surface area (Å²) in [5.74, 6) is 5.25. The van der Waals surface area contributed by atoms with E-state index >= 15 is 0 Å². The van der Waals surface area contributed by atoms with Gasteiger partial charge in [-0.15, -0.1) is 0 Å². The van der Waals surface area contributed by atoms with E-state index in [1.807, 2.05) is 60.7 Å². The number of phenolic OH excluding ortho intramolecular Hbond substituents is 1. The molecule has 11 nitrogen and oxygen atoms in total. The summed E-state index contributed by atoms with van der Waals surface area (Å²) in [5, 5.41) is 20.0. The zero-order chi connectivity index (χ0) is 41.3. The summed E-state index contributed by atoms with van der Waals surface area (Å²) in [6, 6.07) is 23.4. The molecule has 1 N–H and O–H groups in total.